The molecule has 1 aromatic rings. The summed E-state index contributed by atoms with van der Waals surface area (Å²) in [6, 6.07) is 9.16. The molecule has 3 heteroatoms. The highest BCUT2D eigenvalue weighted by molar-refractivity contribution is 5.89. The van der Waals surface area contributed by atoms with Crippen LogP contribution in [0.3, 0.4) is 0 Å². The van der Waals surface area contributed by atoms with Gasteiger partial charge in [-0.15, -0.1) is 6.58 Å². The van der Waals surface area contributed by atoms with E-state index >= 15 is 0 Å². The smallest absolute Gasteiger partial charge is 0.338 e. The third-order valence-corrected chi connectivity index (χ3v) is 2.72. The van der Waals surface area contributed by atoms with E-state index in [1.54, 1.807) is 12.1 Å². The normalized spacial score (nSPS) is 12.9. The number of carbonyl (C=O) groups excluding carboxylic acids is 1. The van der Waals surface area contributed by atoms with Gasteiger partial charge in [0.05, 0.1) is 5.56 Å². The Morgan fingerprint density at radius 3 is 2.72 bits per heavy atom. The molecule has 0 aliphatic carbocycles. The fourth-order valence-corrected chi connectivity index (χ4v) is 1.46. The van der Waals surface area contributed by atoms with Gasteiger partial charge in [-0.2, -0.15) is 0 Å². The number of carbonyl (C=O) groups is 1. The maximum absolute atomic E-state index is 11.6. The van der Waals surface area contributed by atoms with Crippen LogP contribution >= 0.6 is 0 Å². The van der Waals surface area contributed by atoms with Crippen molar-refractivity contribution in [1.82, 2.24) is 0 Å². The van der Waals surface area contributed by atoms with Gasteiger partial charge in [0.2, 0.25) is 0 Å². The van der Waals surface area contributed by atoms with Crippen molar-refractivity contribution >= 4 is 5.97 Å². The Hall–Kier alpha value is -1.87. The van der Waals surface area contributed by atoms with Crippen LogP contribution in [0, 0.1) is 0 Å². The number of hydrogen-bond donors (Lipinski definition) is 1. The molecule has 0 aliphatic heterocycles. The molecule has 0 heterocycles. The first-order valence-corrected chi connectivity index (χ1v) is 5.98. The van der Waals surface area contributed by atoms with Crippen LogP contribution in [0.2, 0.25) is 0 Å². The van der Waals surface area contributed by atoms with Crippen molar-refractivity contribution in [2.45, 2.75) is 19.4 Å². The summed E-state index contributed by atoms with van der Waals surface area (Å²) in [7, 11) is 0. The average molecular weight is 246 g/mol. The third kappa shape index (κ3) is 4.55. The molecule has 18 heavy (non-hydrogen) atoms. The Balaban J connectivity index is 2.44. The molecular weight excluding hydrogens is 226 g/mol. The van der Waals surface area contributed by atoms with Crippen molar-refractivity contribution in [2.75, 3.05) is 6.61 Å². The van der Waals surface area contributed by atoms with Crippen LogP contribution in [-0.4, -0.2) is 18.6 Å². The first-order chi connectivity index (χ1) is 8.65. The molecule has 0 radical (unpaired) electrons. The molecule has 1 rings (SSSR count). The highest BCUT2D eigenvalue weighted by Crippen LogP contribution is 2.04. The van der Waals surface area contributed by atoms with Crippen molar-refractivity contribution < 1.29 is 15.3 Å². The molecule has 0 saturated carbocycles. The highest BCUT2D eigenvalue weighted by atomic mass is 16.5. The van der Waals surface area contributed by atoms with Crippen LogP contribution in [-0.2, 0) is 4.74 Å². The van der Waals surface area contributed by atoms with E-state index in [1.807, 2.05) is 37.3 Å². The second-order valence-electron chi connectivity index (χ2n) is 4.13. The van der Waals surface area contributed by atoms with Crippen molar-refractivity contribution in [2.24, 2.45) is 0 Å². The number of hydrogen-bond acceptors (Lipinski definition) is 2. The Labute approximate surface area is 108 Å². The van der Waals surface area contributed by atoms with Crippen LogP contribution < -0.4 is 5.73 Å². The minimum Gasteiger partial charge on any atom is -0.458 e. The predicted octanol–water partition coefficient (Wildman–Crippen LogP) is 1.98. The van der Waals surface area contributed by atoms with Gasteiger partial charge in [0.25, 0.3) is 0 Å². The van der Waals surface area contributed by atoms with E-state index in [0.29, 0.717) is 5.56 Å². The lowest BCUT2D eigenvalue weighted by atomic mass is 10.1. The van der Waals surface area contributed by atoms with E-state index in [2.05, 4.69) is 12.3 Å². The summed E-state index contributed by atoms with van der Waals surface area (Å²) < 4.78 is 5.16. The third-order valence-electron chi connectivity index (χ3n) is 2.72. The Morgan fingerprint density at radius 2 is 2.11 bits per heavy atom. The summed E-state index contributed by atoms with van der Waals surface area (Å²) in [6.45, 7) is 5.94. The summed E-state index contributed by atoms with van der Waals surface area (Å²) in [6.07, 6.45) is 4.56. The summed E-state index contributed by atoms with van der Waals surface area (Å²) in [5.41, 5.74) is 5.68. The van der Waals surface area contributed by atoms with E-state index < -0.39 is 0 Å². The van der Waals surface area contributed by atoms with Crippen LogP contribution in [0.15, 0.2) is 54.6 Å². The van der Waals surface area contributed by atoms with Gasteiger partial charge in [-0.1, -0.05) is 24.3 Å². The first kappa shape index (κ1) is 14.2. The number of rotatable bonds is 6. The van der Waals surface area contributed by atoms with Crippen LogP contribution in [0.25, 0.3) is 0 Å². The van der Waals surface area contributed by atoms with E-state index in [4.69, 9.17) is 4.74 Å². The average Bonchev–Trinajstić information content (AvgIpc) is 2.39. The minimum atomic E-state index is -0.302. The second kappa shape index (κ2) is 7.45. The van der Waals surface area contributed by atoms with Crippen molar-refractivity contribution in [1.29, 1.82) is 0 Å². The SMILES string of the molecule is C=CC[C@H]([NH3+])/C(C)=C/COC(=O)c1ccccc1. The van der Waals surface area contributed by atoms with E-state index in [-0.39, 0.29) is 18.6 Å². The Bertz CT molecular complexity index is 423. The summed E-state index contributed by atoms with van der Waals surface area (Å²) in [5, 5.41) is 0. The number of esters is 1. The number of quaternary nitrogens is 1. The van der Waals surface area contributed by atoms with Crippen LogP contribution in [0.4, 0.5) is 0 Å². The molecule has 96 valence electrons. The molecule has 1 aromatic carbocycles. The molecule has 0 spiro atoms. The fraction of sp³-hybridized carbons (Fsp3) is 0.267. The monoisotopic (exact) mass is 246 g/mol. The molecule has 0 amide bonds. The summed E-state index contributed by atoms with van der Waals surface area (Å²) in [5.74, 6) is -0.302. The Morgan fingerprint density at radius 1 is 1.44 bits per heavy atom. The lowest BCUT2D eigenvalue weighted by molar-refractivity contribution is -0.405. The van der Waals surface area contributed by atoms with Gasteiger partial charge in [0.1, 0.15) is 12.6 Å². The molecular formula is C15H20NO2+. The van der Waals surface area contributed by atoms with Crippen LogP contribution in [0.1, 0.15) is 23.7 Å². The maximum atomic E-state index is 11.6. The second-order valence-corrected chi connectivity index (χ2v) is 4.13. The molecule has 3 nitrogen and oxygen atoms in total. The largest absolute Gasteiger partial charge is 0.458 e. The summed E-state index contributed by atoms with van der Waals surface area (Å²) >= 11 is 0. The van der Waals surface area contributed by atoms with Gasteiger partial charge in [0, 0.05) is 6.42 Å². The van der Waals surface area contributed by atoms with Crippen molar-refractivity contribution in [3.05, 3.63) is 60.2 Å². The summed E-state index contributed by atoms with van der Waals surface area (Å²) in [4.78, 5) is 11.6. The lowest BCUT2D eigenvalue weighted by Crippen LogP contribution is -2.61. The zero-order chi connectivity index (χ0) is 13.4. The van der Waals surface area contributed by atoms with E-state index in [9.17, 15) is 4.79 Å². The predicted molar refractivity (Wildman–Crippen MR) is 72.0 cm³/mol. The molecule has 0 unspecified atom stereocenters. The Kier molecular flexibility index (Phi) is 5.88. The van der Waals surface area contributed by atoms with E-state index in [1.165, 1.54) is 0 Å². The zero-order valence-electron chi connectivity index (χ0n) is 10.8. The van der Waals surface area contributed by atoms with E-state index in [0.717, 1.165) is 12.0 Å². The highest BCUT2D eigenvalue weighted by Gasteiger charge is 2.07. The maximum Gasteiger partial charge on any atom is 0.338 e. The molecule has 1 atom stereocenters. The molecule has 0 aromatic heterocycles. The fourth-order valence-electron chi connectivity index (χ4n) is 1.46. The van der Waals surface area contributed by atoms with Gasteiger partial charge >= 0.3 is 5.97 Å². The van der Waals surface area contributed by atoms with Crippen molar-refractivity contribution in [3.63, 3.8) is 0 Å². The zero-order valence-corrected chi connectivity index (χ0v) is 10.8. The van der Waals surface area contributed by atoms with Gasteiger partial charge in [0.15, 0.2) is 0 Å². The van der Waals surface area contributed by atoms with Gasteiger partial charge in [-0.25, -0.2) is 4.79 Å². The molecule has 0 bridgehead atoms. The first-order valence-electron chi connectivity index (χ1n) is 5.98. The molecule has 0 saturated heterocycles. The van der Waals surface area contributed by atoms with Gasteiger partial charge in [-0.05, 0) is 30.7 Å². The quantitative estimate of drug-likeness (QED) is 0.616. The van der Waals surface area contributed by atoms with Crippen molar-refractivity contribution in [3.8, 4) is 0 Å². The molecule has 3 N–H and O–H groups in total. The lowest BCUT2D eigenvalue weighted by Gasteiger charge is -2.07. The van der Waals surface area contributed by atoms with Gasteiger partial charge < -0.3 is 10.5 Å². The van der Waals surface area contributed by atoms with Gasteiger partial charge in [-0.3, -0.25) is 0 Å². The number of benzene rings is 1. The number of ether oxygens (including phenoxy) is 1. The topological polar surface area (TPSA) is 53.9 Å². The minimum absolute atomic E-state index is 0.193. The molecule has 0 aliphatic rings. The molecule has 0 fully saturated rings. The van der Waals surface area contributed by atoms with Crippen LogP contribution in [0.5, 0.6) is 0 Å². The standard InChI is InChI=1S/C15H19NO2/c1-3-7-14(16)12(2)10-11-18-15(17)13-8-5-4-6-9-13/h3-6,8-10,14H,1,7,11,16H2,2H3/p+1/b12-10+/t14-/m0/s1.